The second-order valence-corrected chi connectivity index (χ2v) is 5.61. The molecule has 20 heavy (non-hydrogen) atoms. The molecule has 0 aliphatic rings. The third-order valence-electron chi connectivity index (χ3n) is 3.33. The van der Waals surface area contributed by atoms with Gasteiger partial charge in [0.25, 0.3) is 0 Å². The monoisotopic (exact) mass is 270 g/mol. The van der Waals surface area contributed by atoms with Crippen LogP contribution in [0, 0.1) is 6.92 Å². The van der Waals surface area contributed by atoms with Crippen molar-refractivity contribution in [1.29, 1.82) is 0 Å². The lowest BCUT2D eigenvalue weighted by Crippen LogP contribution is -2.46. The van der Waals surface area contributed by atoms with Crippen LogP contribution >= 0.6 is 0 Å². The van der Waals surface area contributed by atoms with Gasteiger partial charge in [-0.3, -0.25) is 0 Å². The van der Waals surface area contributed by atoms with Crippen molar-refractivity contribution in [2.75, 3.05) is 18.5 Å². The van der Waals surface area contributed by atoms with Crippen LogP contribution in [0.2, 0.25) is 0 Å². The van der Waals surface area contributed by atoms with Crippen molar-refractivity contribution < 1.29 is 5.11 Å². The molecule has 1 atom stereocenters. The summed E-state index contributed by atoms with van der Waals surface area (Å²) in [6, 6.07) is 16.7. The molecule has 0 radical (unpaired) electrons. The quantitative estimate of drug-likeness (QED) is 0.783. The fourth-order valence-electron chi connectivity index (χ4n) is 1.89. The predicted octanol–water partition coefficient (Wildman–Crippen LogP) is 2.78. The highest BCUT2D eigenvalue weighted by Gasteiger charge is 2.16. The van der Waals surface area contributed by atoms with E-state index in [1.165, 1.54) is 16.7 Å². The second-order valence-electron chi connectivity index (χ2n) is 5.61. The molecule has 0 amide bonds. The lowest BCUT2D eigenvalue weighted by molar-refractivity contribution is 0.216. The third kappa shape index (κ3) is 3.83. The van der Waals surface area contributed by atoms with Gasteiger partial charge in [0.1, 0.15) is 0 Å². The van der Waals surface area contributed by atoms with Gasteiger partial charge < -0.3 is 16.2 Å². The molecule has 0 aliphatic carbocycles. The van der Waals surface area contributed by atoms with E-state index >= 15 is 0 Å². The summed E-state index contributed by atoms with van der Waals surface area (Å²) in [7, 11) is 0. The Morgan fingerprint density at radius 2 is 1.50 bits per heavy atom. The van der Waals surface area contributed by atoms with Crippen molar-refractivity contribution in [3.63, 3.8) is 0 Å². The van der Waals surface area contributed by atoms with E-state index < -0.39 is 5.54 Å². The van der Waals surface area contributed by atoms with E-state index in [-0.39, 0.29) is 6.61 Å². The normalized spacial score (nSPS) is 13.8. The standard InChI is InChI=1S/C17H22N2O/c1-13-3-5-14(6-4-13)15-7-9-16(10-8-15)19-11-17(2,18)12-20/h3-10,19-20H,11-12,18H2,1-2H3/t17-/m0/s1. The van der Waals surface area contributed by atoms with Gasteiger partial charge in [0.2, 0.25) is 0 Å². The van der Waals surface area contributed by atoms with Gasteiger partial charge >= 0.3 is 0 Å². The van der Waals surface area contributed by atoms with E-state index in [0.717, 1.165) is 5.69 Å². The zero-order chi connectivity index (χ0) is 14.6. The van der Waals surface area contributed by atoms with Gasteiger partial charge in [-0.2, -0.15) is 0 Å². The Balaban J connectivity index is 2.05. The minimum atomic E-state index is -0.602. The number of benzene rings is 2. The van der Waals surface area contributed by atoms with E-state index in [1.54, 1.807) is 0 Å². The average molecular weight is 270 g/mol. The van der Waals surface area contributed by atoms with Crippen molar-refractivity contribution in [3.05, 3.63) is 54.1 Å². The molecule has 3 nitrogen and oxygen atoms in total. The maximum Gasteiger partial charge on any atom is 0.0625 e. The predicted molar refractivity (Wildman–Crippen MR) is 84.8 cm³/mol. The first-order chi connectivity index (χ1) is 9.50. The summed E-state index contributed by atoms with van der Waals surface area (Å²) in [5.41, 5.74) is 9.95. The van der Waals surface area contributed by atoms with Gasteiger partial charge in [-0.25, -0.2) is 0 Å². The molecule has 106 valence electrons. The summed E-state index contributed by atoms with van der Waals surface area (Å²) in [6.45, 7) is 4.40. The molecule has 2 aromatic rings. The highest BCUT2D eigenvalue weighted by atomic mass is 16.3. The molecule has 0 aliphatic heterocycles. The summed E-state index contributed by atoms with van der Waals surface area (Å²) in [6.07, 6.45) is 0. The highest BCUT2D eigenvalue weighted by molar-refractivity contribution is 5.66. The van der Waals surface area contributed by atoms with Crippen LogP contribution in [0.5, 0.6) is 0 Å². The van der Waals surface area contributed by atoms with Gasteiger partial charge in [-0.05, 0) is 37.1 Å². The minimum Gasteiger partial charge on any atom is -0.394 e. The molecule has 2 aromatic carbocycles. The Morgan fingerprint density at radius 1 is 1.00 bits per heavy atom. The number of aliphatic hydroxyl groups excluding tert-OH is 1. The summed E-state index contributed by atoms with van der Waals surface area (Å²) >= 11 is 0. The third-order valence-corrected chi connectivity index (χ3v) is 3.33. The maximum atomic E-state index is 9.12. The van der Waals surface area contributed by atoms with Crippen LogP contribution in [-0.2, 0) is 0 Å². The van der Waals surface area contributed by atoms with Crippen LogP contribution in [0.15, 0.2) is 48.5 Å². The number of hydrogen-bond acceptors (Lipinski definition) is 3. The zero-order valence-electron chi connectivity index (χ0n) is 12.1. The Hall–Kier alpha value is -1.84. The number of hydrogen-bond donors (Lipinski definition) is 3. The smallest absolute Gasteiger partial charge is 0.0625 e. The van der Waals surface area contributed by atoms with Crippen LogP contribution in [0.3, 0.4) is 0 Å². The molecule has 0 heterocycles. The molecule has 0 fully saturated rings. The molecule has 0 spiro atoms. The van der Waals surface area contributed by atoms with Crippen molar-refractivity contribution >= 4 is 5.69 Å². The van der Waals surface area contributed by atoms with Crippen molar-refractivity contribution in [2.45, 2.75) is 19.4 Å². The molecule has 3 heteroatoms. The van der Waals surface area contributed by atoms with Crippen molar-refractivity contribution in [2.24, 2.45) is 5.73 Å². The SMILES string of the molecule is Cc1ccc(-c2ccc(NC[C@](C)(N)CO)cc2)cc1. The number of aryl methyl sites for hydroxylation is 1. The van der Waals surface area contributed by atoms with E-state index in [9.17, 15) is 0 Å². The van der Waals surface area contributed by atoms with Crippen LogP contribution in [0.4, 0.5) is 5.69 Å². The van der Waals surface area contributed by atoms with Gasteiger partial charge in [-0.15, -0.1) is 0 Å². The fourth-order valence-corrected chi connectivity index (χ4v) is 1.89. The molecule has 2 rings (SSSR count). The molecule has 0 bridgehead atoms. The van der Waals surface area contributed by atoms with E-state index in [0.29, 0.717) is 6.54 Å². The van der Waals surface area contributed by atoms with Crippen molar-refractivity contribution in [3.8, 4) is 11.1 Å². The highest BCUT2D eigenvalue weighted by Crippen LogP contribution is 2.22. The summed E-state index contributed by atoms with van der Waals surface area (Å²) in [5, 5.41) is 12.4. The summed E-state index contributed by atoms with van der Waals surface area (Å²) < 4.78 is 0. The number of nitrogens with two attached hydrogens (primary N) is 1. The van der Waals surface area contributed by atoms with Gasteiger partial charge in [0, 0.05) is 12.2 Å². The van der Waals surface area contributed by atoms with Crippen LogP contribution in [0.25, 0.3) is 11.1 Å². The number of aliphatic hydroxyl groups is 1. The van der Waals surface area contributed by atoms with Gasteiger partial charge in [0.05, 0.1) is 12.1 Å². The molecule has 0 unspecified atom stereocenters. The summed E-state index contributed by atoms with van der Waals surface area (Å²) in [5.74, 6) is 0. The first kappa shape index (κ1) is 14.6. The summed E-state index contributed by atoms with van der Waals surface area (Å²) in [4.78, 5) is 0. The molecule has 4 N–H and O–H groups in total. The Kier molecular flexibility index (Phi) is 4.42. The molecule has 0 saturated heterocycles. The Morgan fingerprint density at radius 3 is 2.00 bits per heavy atom. The van der Waals surface area contributed by atoms with E-state index in [1.807, 2.05) is 19.1 Å². The van der Waals surface area contributed by atoms with E-state index in [4.69, 9.17) is 10.8 Å². The number of nitrogens with one attached hydrogen (secondary N) is 1. The number of anilines is 1. The van der Waals surface area contributed by atoms with Crippen molar-refractivity contribution in [1.82, 2.24) is 0 Å². The first-order valence-corrected chi connectivity index (χ1v) is 6.81. The first-order valence-electron chi connectivity index (χ1n) is 6.81. The molecular formula is C17H22N2O. The van der Waals surface area contributed by atoms with Crippen LogP contribution < -0.4 is 11.1 Å². The Bertz CT molecular complexity index is 544. The molecule has 0 saturated carbocycles. The lowest BCUT2D eigenvalue weighted by Gasteiger charge is -2.22. The largest absolute Gasteiger partial charge is 0.394 e. The lowest BCUT2D eigenvalue weighted by atomic mass is 10.0. The van der Waals surface area contributed by atoms with E-state index in [2.05, 4.69) is 48.6 Å². The second kappa shape index (κ2) is 6.07. The topological polar surface area (TPSA) is 58.3 Å². The Labute approximate surface area is 120 Å². The van der Waals surface area contributed by atoms with Crippen LogP contribution in [0.1, 0.15) is 12.5 Å². The van der Waals surface area contributed by atoms with Crippen LogP contribution in [-0.4, -0.2) is 23.8 Å². The zero-order valence-corrected chi connectivity index (χ0v) is 12.1. The minimum absolute atomic E-state index is 0.0402. The van der Waals surface area contributed by atoms with Gasteiger partial charge in [-0.1, -0.05) is 42.0 Å². The molecular weight excluding hydrogens is 248 g/mol. The van der Waals surface area contributed by atoms with Gasteiger partial charge in [0.15, 0.2) is 0 Å². The maximum absolute atomic E-state index is 9.12. The average Bonchev–Trinajstić information content (AvgIpc) is 2.47. The number of rotatable bonds is 5. The molecule has 0 aromatic heterocycles. The fraction of sp³-hybridized carbons (Fsp3) is 0.294.